The number of ether oxygens (including phenoxy) is 3. The van der Waals surface area contributed by atoms with Crippen LogP contribution in [-0.2, 0) is 22.7 Å². The first kappa shape index (κ1) is 24.7. The van der Waals surface area contributed by atoms with Gasteiger partial charge in [0.2, 0.25) is 12.7 Å². The number of amides is 2. The second-order valence-corrected chi connectivity index (χ2v) is 8.79. The van der Waals surface area contributed by atoms with Gasteiger partial charge in [-0.05, 0) is 54.4 Å². The lowest BCUT2D eigenvalue weighted by Crippen LogP contribution is -2.48. The Morgan fingerprint density at radius 1 is 1.00 bits per heavy atom. The van der Waals surface area contributed by atoms with Crippen molar-refractivity contribution in [3.05, 3.63) is 87.9 Å². The molecule has 7 nitrogen and oxygen atoms in total. The van der Waals surface area contributed by atoms with Crippen molar-refractivity contribution in [3.8, 4) is 17.2 Å². The molecule has 0 saturated heterocycles. The molecule has 4 rings (SSSR count). The highest BCUT2D eigenvalue weighted by Crippen LogP contribution is 2.32. The predicted molar refractivity (Wildman–Crippen MR) is 133 cm³/mol. The number of halogens is 2. The summed E-state index contributed by atoms with van der Waals surface area (Å²) in [6.07, 6.45) is 0. The van der Waals surface area contributed by atoms with Gasteiger partial charge in [0.25, 0.3) is 5.91 Å². The van der Waals surface area contributed by atoms with E-state index in [2.05, 4.69) is 5.32 Å². The van der Waals surface area contributed by atoms with Gasteiger partial charge < -0.3 is 24.4 Å². The van der Waals surface area contributed by atoms with E-state index in [4.69, 9.17) is 37.4 Å². The molecular weight excluding hydrogens is 491 g/mol. The molecule has 1 aliphatic rings. The standard InChI is InChI=1S/C26H24Cl2N2O5/c1-17(26(32)29-13-19-8-11-23-24(12-19)35-16-34-23)30(14-18-6-9-20(27)10-7-18)25(31)15-33-22-5-3-2-4-21(22)28/h2-12,17H,13-16H2,1H3,(H,29,32). The molecule has 1 atom stereocenters. The van der Waals surface area contributed by atoms with Gasteiger partial charge in [-0.25, -0.2) is 0 Å². The molecule has 1 heterocycles. The first-order valence-electron chi connectivity index (χ1n) is 11.0. The molecule has 0 spiro atoms. The predicted octanol–water partition coefficient (Wildman–Crippen LogP) is 4.83. The average Bonchev–Trinajstić information content (AvgIpc) is 3.34. The maximum atomic E-state index is 13.2. The van der Waals surface area contributed by atoms with Crippen LogP contribution in [0.25, 0.3) is 0 Å². The van der Waals surface area contributed by atoms with E-state index in [1.807, 2.05) is 24.3 Å². The van der Waals surface area contributed by atoms with E-state index >= 15 is 0 Å². The van der Waals surface area contributed by atoms with Gasteiger partial charge in [-0.3, -0.25) is 9.59 Å². The molecule has 0 bridgehead atoms. The van der Waals surface area contributed by atoms with Crippen LogP contribution in [0.2, 0.25) is 10.0 Å². The lowest BCUT2D eigenvalue weighted by Gasteiger charge is -2.29. The van der Waals surface area contributed by atoms with Crippen molar-refractivity contribution in [2.24, 2.45) is 0 Å². The van der Waals surface area contributed by atoms with Crippen LogP contribution in [0, 0.1) is 0 Å². The number of nitrogens with one attached hydrogen (secondary N) is 1. The second-order valence-electron chi connectivity index (χ2n) is 7.95. The summed E-state index contributed by atoms with van der Waals surface area (Å²) >= 11 is 12.1. The maximum absolute atomic E-state index is 13.2. The van der Waals surface area contributed by atoms with E-state index in [1.54, 1.807) is 49.4 Å². The maximum Gasteiger partial charge on any atom is 0.261 e. The minimum Gasteiger partial charge on any atom is -0.482 e. The lowest BCUT2D eigenvalue weighted by molar-refractivity contribution is -0.142. The number of hydrogen-bond donors (Lipinski definition) is 1. The zero-order valence-corrected chi connectivity index (χ0v) is 20.5. The Labute approximate surface area is 213 Å². The number of rotatable bonds is 9. The molecule has 1 unspecified atom stereocenters. The molecule has 1 aliphatic heterocycles. The van der Waals surface area contributed by atoms with Crippen molar-refractivity contribution >= 4 is 35.0 Å². The Morgan fingerprint density at radius 3 is 2.49 bits per heavy atom. The van der Waals surface area contributed by atoms with Gasteiger partial charge in [-0.2, -0.15) is 0 Å². The fourth-order valence-corrected chi connectivity index (χ4v) is 3.86. The highest BCUT2D eigenvalue weighted by molar-refractivity contribution is 6.32. The van der Waals surface area contributed by atoms with E-state index < -0.39 is 6.04 Å². The third-order valence-corrected chi connectivity index (χ3v) is 6.09. The van der Waals surface area contributed by atoms with Crippen LogP contribution in [0.4, 0.5) is 0 Å². The minimum absolute atomic E-state index is 0.181. The fraction of sp³-hybridized carbons (Fsp3) is 0.231. The third-order valence-electron chi connectivity index (χ3n) is 5.52. The monoisotopic (exact) mass is 514 g/mol. The Bertz CT molecular complexity index is 1200. The van der Waals surface area contributed by atoms with Crippen LogP contribution < -0.4 is 19.5 Å². The zero-order chi connectivity index (χ0) is 24.8. The van der Waals surface area contributed by atoms with Crippen LogP contribution in [-0.4, -0.2) is 36.2 Å². The number of fused-ring (bicyclic) bond motifs is 1. The smallest absolute Gasteiger partial charge is 0.261 e. The summed E-state index contributed by atoms with van der Waals surface area (Å²) in [5, 5.41) is 3.88. The quantitative estimate of drug-likeness (QED) is 0.442. The molecule has 2 amide bonds. The van der Waals surface area contributed by atoms with E-state index in [0.29, 0.717) is 27.3 Å². The van der Waals surface area contributed by atoms with Crippen molar-refractivity contribution in [2.45, 2.75) is 26.1 Å². The van der Waals surface area contributed by atoms with Crippen LogP contribution in [0.15, 0.2) is 66.7 Å². The van der Waals surface area contributed by atoms with Gasteiger partial charge in [-0.1, -0.05) is 53.5 Å². The van der Waals surface area contributed by atoms with Crippen LogP contribution in [0.1, 0.15) is 18.1 Å². The van der Waals surface area contributed by atoms with Gasteiger partial charge in [0, 0.05) is 18.1 Å². The molecule has 9 heteroatoms. The molecule has 35 heavy (non-hydrogen) atoms. The SMILES string of the molecule is CC(C(=O)NCc1ccc2c(c1)OCO2)N(Cc1ccc(Cl)cc1)C(=O)COc1ccccc1Cl. The molecule has 1 N–H and O–H groups in total. The number of nitrogens with zero attached hydrogens (tertiary/aromatic N) is 1. The summed E-state index contributed by atoms with van der Waals surface area (Å²) in [7, 11) is 0. The molecule has 0 saturated carbocycles. The first-order chi connectivity index (χ1) is 16.9. The number of para-hydroxylation sites is 1. The zero-order valence-electron chi connectivity index (χ0n) is 19.0. The van der Waals surface area contributed by atoms with E-state index in [1.165, 1.54) is 4.90 Å². The van der Waals surface area contributed by atoms with Gasteiger partial charge in [0.1, 0.15) is 11.8 Å². The van der Waals surface area contributed by atoms with Crippen molar-refractivity contribution in [1.82, 2.24) is 10.2 Å². The van der Waals surface area contributed by atoms with Gasteiger partial charge in [-0.15, -0.1) is 0 Å². The van der Waals surface area contributed by atoms with E-state index in [9.17, 15) is 9.59 Å². The largest absolute Gasteiger partial charge is 0.482 e. The molecule has 182 valence electrons. The lowest BCUT2D eigenvalue weighted by atomic mass is 10.1. The van der Waals surface area contributed by atoms with Crippen LogP contribution in [0.5, 0.6) is 17.2 Å². The van der Waals surface area contributed by atoms with Crippen molar-refractivity contribution in [2.75, 3.05) is 13.4 Å². The highest BCUT2D eigenvalue weighted by Gasteiger charge is 2.27. The Hall–Kier alpha value is -3.42. The molecule has 0 aliphatic carbocycles. The highest BCUT2D eigenvalue weighted by atomic mass is 35.5. The summed E-state index contributed by atoms with van der Waals surface area (Å²) in [6.45, 7) is 2.08. The Balaban J connectivity index is 1.44. The van der Waals surface area contributed by atoms with Crippen molar-refractivity contribution in [3.63, 3.8) is 0 Å². The molecule has 3 aromatic rings. The third kappa shape index (κ3) is 6.38. The van der Waals surface area contributed by atoms with Crippen LogP contribution in [0.3, 0.4) is 0 Å². The molecular formula is C26H24Cl2N2O5. The fourth-order valence-electron chi connectivity index (χ4n) is 3.54. The second kappa shape index (κ2) is 11.3. The minimum atomic E-state index is -0.762. The van der Waals surface area contributed by atoms with E-state index in [-0.39, 0.29) is 38.3 Å². The normalized spacial score (nSPS) is 12.7. The summed E-state index contributed by atoms with van der Waals surface area (Å²) in [6, 6.07) is 18.7. The Morgan fingerprint density at radius 2 is 1.71 bits per heavy atom. The van der Waals surface area contributed by atoms with Gasteiger partial charge in [0.15, 0.2) is 18.1 Å². The van der Waals surface area contributed by atoms with Gasteiger partial charge in [0.05, 0.1) is 5.02 Å². The molecule has 0 radical (unpaired) electrons. The number of benzene rings is 3. The average molecular weight is 515 g/mol. The van der Waals surface area contributed by atoms with Crippen molar-refractivity contribution in [1.29, 1.82) is 0 Å². The van der Waals surface area contributed by atoms with E-state index in [0.717, 1.165) is 11.1 Å². The van der Waals surface area contributed by atoms with Gasteiger partial charge >= 0.3 is 0 Å². The number of carbonyl (C=O) groups excluding carboxylic acids is 2. The summed E-state index contributed by atoms with van der Waals surface area (Å²) in [4.78, 5) is 27.7. The first-order valence-corrected chi connectivity index (χ1v) is 11.7. The number of carbonyl (C=O) groups is 2. The Kier molecular flexibility index (Phi) is 8.00. The molecule has 0 fully saturated rings. The summed E-state index contributed by atoms with van der Waals surface area (Å²) in [5.74, 6) is 1.05. The summed E-state index contributed by atoms with van der Waals surface area (Å²) < 4.78 is 16.3. The topological polar surface area (TPSA) is 77.1 Å². The molecule has 0 aromatic heterocycles. The van der Waals surface area contributed by atoms with Crippen molar-refractivity contribution < 1.29 is 23.8 Å². The van der Waals surface area contributed by atoms with Crippen LogP contribution >= 0.6 is 23.2 Å². The molecule has 3 aromatic carbocycles. The number of hydrogen-bond acceptors (Lipinski definition) is 5. The summed E-state index contributed by atoms with van der Waals surface area (Å²) in [5.41, 5.74) is 1.68.